The highest BCUT2D eigenvalue weighted by molar-refractivity contribution is 5.99. The predicted octanol–water partition coefficient (Wildman–Crippen LogP) is 3.07. The number of hydrogen-bond donors (Lipinski definition) is 1. The second kappa shape index (κ2) is 6.74. The maximum atomic E-state index is 12.9. The fourth-order valence-electron chi connectivity index (χ4n) is 2.64. The standard InChI is InChI=1S/C19H20N2O3/c1-13(2)21(11-14-6-4-3-5-7-14)19(23)15-8-9-16-17(10-15)24-12-18(22)20-16/h3-10,13H,11-12H2,1-2H3,(H,20,22). The van der Waals surface area contributed by atoms with Crippen molar-refractivity contribution in [3.05, 3.63) is 59.7 Å². The Labute approximate surface area is 141 Å². The van der Waals surface area contributed by atoms with Crippen molar-refractivity contribution >= 4 is 17.5 Å². The second-order valence-electron chi connectivity index (χ2n) is 6.06. The lowest BCUT2D eigenvalue weighted by molar-refractivity contribution is -0.118. The maximum Gasteiger partial charge on any atom is 0.262 e. The van der Waals surface area contributed by atoms with E-state index in [0.29, 0.717) is 23.5 Å². The van der Waals surface area contributed by atoms with E-state index in [1.165, 1.54) is 0 Å². The summed E-state index contributed by atoms with van der Waals surface area (Å²) < 4.78 is 5.40. The summed E-state index contributed by atoms with van der Waals surface area (Å²) in [5.41, 5.74) is 2.23. The first kappa shape index (κ1) is 16.1. The van der Waals surface area contributed by atoms with Crippen LogP contribution in [0.1, 0.15) is 29.8 Å². The Morgan fingerprint density at radius 3 is 2.67 bits per heavy atom. The summed E-state index contributed by atoms with van der Waals surface area (Å²) in [6, 6.07) is 15.1. The Morgan fingerprint density at radius 2 is 1.96 bits per heavy atom. The molecule has 0 radical (unpaired) electrons. The van der Waals surface area contributed by atoms with Gasteiger partial charge in [0.05, 0.1) is 5.69 Å². The van der Waals surface area contributed by atoms with Gasteiger partial charge in [-0.15, -0.1) is 0 Å². The SMILES string of the molecule is CC(C)N(Cc1ccccc1)C(=O)c1ccc2c(c1)OCC(=O)N2. The third-order valence-corrected chi connectivity index (χ3v) is 3.94. The van der Waals surface area contributed by atoms with Crippen LogP contribution in [0.4, 0.5) is 5.69 Å². The van der Waals surface area contributed by atoms with Crippen LogP contribution in [-0.4, -0.2) is 29.4 Å². The van der Waals surface area contributed by atoms with E-state index >= 15 is 0 Å². The van der Waals surface area contributed by atoms with Crippen molar-refractivity contribution in [3.8, 4) is 5.75 Å². The summed E-state index contributed by atoms with van der Waals surface area (Å²) in [7, 11) is 0. The number of carbonyl (C=O) groups excluding carboxylic acids is 2. The zero-order valence-electron chi connectivity index (χ0n) is 13.8. The number of fused-ring (bicyclic) bond motifs is 1. The van der Waals surface area contributed by atoms with Gasteiger partial charge in [0.25, 0.3) is 11.8 Å². The average molecular weight is 324 g/mol. The smallest absolute Gasteiger partial charge is 0.262 e. The van der Waals surface area contributed by atoms with Gasteiger partial charge in [-0.2, -0.15) is 0 Å². The first-order valence-electron chi connectivity index (χ1n) is 7.96. The van der Waals surface area contributed by atoms with Crippen molar-refractivity contribution in [3.63, 3.8) is 0 Å². The molecule has 1 N–H and O–H groups in total. The summed E-state index contributed by atoms with van der Waals surface area (Å²) in [6.45, 7) is 4.51. The largest absolute Gasteiger partial charge is 0.482 e. The molecule has 124 valence electrons. The molecule has 0 aliphatic carbocycles. The lowest BCUT2D eigenvalue weighted by Crippen LogP contribution is -2.36. The van der Waals surface area contributed by atoms with Crippen LogP contribution < -0.4 is 10.1 Å². The molecular weight excluding hydrogens is 304 g/mol. The number of carbonyl (C=O) groups is 2. The quantitative estimate of drug-likeness (QED) is 0.940. The number of benzene rings is 2. The minimum atomic E-state index is -0.186. The molecule has 0 bridgehead atoms. The Morgan fingerprint density at radius 1 is 1.21 bits per heavy atom. The molecule has 0 unspecified atom stereocenters. The molecule has 0 aromatic heterocycles. The number of ether oxygens (including phenoxy) is 1. The Hall–Kier alpha value is -2.82. The van der Waals surface area contributed by atoms with Gasteiger partial charge in [-0.1, -0.05) is 30.3 Å². The van der Waals surface area contributed by atoms with Crippen LogP contribution in [-0.2, 0) is 11.3 Å². The minimum absolute atomic E-state index is 0.0252. The lowest BCUT2D eigenvalue weighted by Gasteiger charge is -2.27. The van der Waals surface area contributed by atoms with Gasteiger partial charge >= 0.3 is 0 Å². The number of hydrogen-bond acceptors (Lipinski definition) is 3. The topological polar surface area (TPSA) is 58.6 Å². The number of amides is 2. The monoisotopic (exact) mass is 324 g/mol. The van der Waals surface area contributed by atoms with Crippen molar-refractivity contribution in [1.82, 2.24) is 4.90 Å². The van der Waals surface area contributed by atoms with Crippen molar-refractivity contribution in [2.24, 2.45) is 0 Å². The van der Waals surface area contributed by atoms with Crippen LogP contribution in [0.5, 0.6) is 5.75 Å². The molecular formula is C19H20N2O3. The molecule has 3 rings (SSSR count). The highest BCUT2D eigenvalue weighted by atomic mass is 16.5. The molecule has 0 spiro atoms. The molecule has 1 heterocycles. The second-order valence-corrected chi connectivity index (χ2v) is 6.06. The summed E-state index contributed by atoms with van der Waals surface area (Å²) in [4.78, 5) is 26.1. The van der Waals surface area contributed by atoms with Gasteiger partial charge in [-0.05, 0) is 37.6 Å². The highest BCUT2D eigenvalue weighted by Crippen LogP contribution is 2.29. The zero-order chi connectivity index (χ0) is 17.1. The molecule has 5 nitrogen and oxygen atoms in total. The lowest BCUT2D eigenvalue weighted by atomic mass is 10.1. The van der Waals surface area contributed by atoms with Gasteiger partial charge in [0.15, 0.2) is 6.61 Å². The molecule has 2 aromatic carbocycles. The normalized spacial score (nSPS) is 13.0. The number of anilines is 1. The van der Waals surface area contributed by atoms with Crippen LogP contribution in [0.15, 0.2) is 48.5 Å². The predicted molar refractivity (Wildman–Crippen MR) is 92.0 cm³/mol. The van der Waals surface area contributed by atoms with Crippen LogP contribution in [0.25, 0.3) is 0 Å². The molecule has 2 amide bonds. The van der Waals surface area contributed by atoms with Gasteiger partial charge in [0, 0.05) is 18.2 Å². The van der Waals surface area contributed by atoms with E-state index in [1.54, 1.807) is 18.2 Å². The molecule has 5 heteroatoms. The van der Waals surface area contributed by atoms with Crippen LogP contribution in [0.3, 0.4) is 0 Å². The van der Waals surface area contributed by atoms with Gasteiger partial charge in [-0.3, -0.25) is 9.59 Å². The van der Waals surface area contributed by atoms with E-state index in [9.17, 15) is 9.59 Å². The molecule has 0 fully saturated rings. The molecule has 0 saturated carbocycles. The fraction of sp³-hybridized carbons (Fsp3) is 0.263. The Balaban J connectivity index is 1.84. The summed E-state index contributed by atoms with van der Waals surface area (Å²) >= 11 is 0. The van der Waals surface area contributed by atoms with Crippen molar-refractivity contribution in [2.75, 3.05) is 11.9 Å². The highest BCUT2D eigenvalue weighted by Gasteiger charge is 2.22. The van der Waals surface area contributed by atoms with Gasteiger partial charge in [-0.25, -0.2) is 0 Å². The third kappa shape index (κ3) is 3.40. The van der Waals surface area contributed by atoms with Crippen LogP contribution >= 0.6 is 0 Å². The molecule has 0 atom stereocenters. The van der Waals surface area contributed by atoms with Gasteiger partial charge in [0.2, 0.25) is 0 Å². The van der Waals surface area contributed by atoms with Gasteiger partial charge in [0.1, 0.15) is 5.75 Å². The summed E-state index contributed by atoms with van der Waals surface area (Å²) in [6.07, 6.45) is 0. The van der Waals surface area contributed by atoms with E-state index in [0.717, 1.165) is 5.56 Å². The van der Waals surface area contributed by atoms with Crippen LogP contribution in [0.2, 0.25) is 0 Å². The minimum Gasteiger partial charge on any atom is -0.482 e. The molecule has 24 heavy (non-hydrogen) atoms. The third-order valence-electron chi connectivity index (χ3n) is 3.94. The van der Waals surface area contributed by atoms with Crippen LogP contribution in [0, 0.1) is 0 Å². The zero-order valence-corrected chi connectivity index (χ0v) is 13.8. The number of nitrogens with zero attached hydrogens (tertiary/aromatic N) is 1. The fourth-order valence-corrected chi connectivity index (χ4v) is 2.64. The first-order chi connectivity index (χ1) is 11.5. The van der Waals surface area contributed by atoms with Crippen molar-refractivity contribution in [1.29, 1.82) is 0 Å². The first-order valence-corrected chi connectivity index (χ1v) is 7.96. The Bertz CT molecular complexity index is 756. The van der Waals surface area contributed by atoms with E-state index in [-0.39, 0.29) is 24.5 Å². The molecule has 0 saturated heterocycles. The van der Waals surface area contributed by atoms with E-state index in [2.05, 4.69) is 5.32 Å². The Kier molecular flexibility index (Phi) is 4.51. The van der Waals surface area contributed by atoms with Crippen molar-refractivity contribution < 1.29 is 14.3 Å². The number of nitrogens with one attached hydrogen (secondary N) is 1. The van der Waals surface area contributed by atoms with E-state index in [4.69, 9.17) is 4.74 Å². The van der Waals surface area contributed by atoms with Crippen molar-refractivity contribution in [2.45, 2.75) is 26.4 Å². The number of rotatable bonds is 4. The average Bonchev–Trinajstić information content (AvgIpc) is 2.59. The van der Waals surface area contributed by atoms with E-state index < -0.39 is 0 Å². The van der Waals surface area contributed by atoms with E-state index in [1.807, 2.05) is 49.1 Å². The maximum absolute atomic E-state index is 12.9. The summed E-state index contributed by atoms with van der Waals surface area (Å²) in [5, 5.41) is 2.73. The molecule has 1 aliphatic heterocycles. The summed E-state index contributed by atoms with van der Waals surface area (Å²) in [5.74, 6) is 0.287. The molecule has 1 aliphatic rings. The van der Waals surface area contributed by atoms with Gasteiger partial charge < -0.3 is 15.0 Å². The molecule has 2 aromatic rings.